The predicted octanol–water partition coefficient (Wildman–Crippen LogP) is 2.12. The van der Waals surface area contributed by atoms with Gasteiger partial charge in [0, 0.05) is 20.1 Å². The van der Waals surface area contributed by atoms with Crippen LogP contribution < -0.4 is 5.73 Å². The van der Waals surface area contributed by atoms with E-state index in [0.717, 1.165) is 5.56 Å². The summed E-state index contributed by atoms with van der Waals surface area (Å²) in [6.45, 7) is 6.35. The number of halogens is 1. The molecule has 2 N–H and O–H groups in total. The summed E-state index contributed by atoms with van der Waals surface area (Å²) in [5.74, 6) is -0.161. The average molecular weight is 266 g/mol. The van der Waals surface area contributed by atoms with E-state index in [1.165, 1.54) is 6.07 Å². The first-order chi connectivity index (χ1) is 8.77. The van der Waals surface area contributed by atoms with Crippen LogP contribution in [0, 0.1) is 18.2 Å². The van der Waals surface area contributed by atoms with Gasteiger partial charge in [-0.05, 0) is 44.4 Å². The molecule has 0 unspecified atom stereocenters. The van der Waals surface area contributed by atoms with E-state index < -0.39 is 5.41 Å². The molecule has 19 heavy (non-hydrogen) atoms. The highest BCUT2D eigenvalue weighted by Gasteiger charge is 2.28. The summed E-state index contributed by atoms with van der Waals surface area (Å²) in [5, 5.41) is 0. The molecule has 1 rings (SSSR count). The number of hydrogen-bond donors (Lipinski definition) is 1. The molecular weight excluding hydrogens is 243 g/mol. The first-order valence-electron chi connectivity index (χ1n) is 6.48. The summed E-state index contributed by atoms with van der Waals surface area (Å²) in [5.41, 5.74) is 6.73. The van der Waals surface area contributed by atoms with Gasteiger partial charge in [-0.1, -0.05) is 12.1 Å². The zero-order chi connectivity index (χ0) is 14.6. The van der Waals surface area contributed by atoms with Gasteiger partial charge in [-0.15, -0.1) is 0 Å². The third-order valence-electron chi connectivity index (χ3n) is 3.39. The molecular formula is C15H23FN2O. The van der Waals surface area contributed by atoms with Crippen LogP contribution in [0.2, 0.25) is 0 Å². The van der Waals surface area contributed by atoms with Crippen molar-refractivity contribution >= 4 is 5.91 Å². The normalized spacial score (nSPS) is 11.5. The van der Waals surface area contributed by atoms with Crippen LogP contribution in [0.5, 0.6) is 0 Å². The lowest BCUT2D eigenvalue weighted by Gasteiger charge is -2.28. The average Bonchev–Trinajstić information content (AvgIpc) is 2.38. The summed E-state index contributed by atoms with van der Waals surface area (Å²) < 4.78 is 13.1. The quantitative estimate of drug-likeness (QED) is 0.887. The third-order valence-corrected chi connectivity index (χ3v) is 3.39. The van der Waals surface area contributed by atoms with E-state index in [4.69, 9.17) is 5.73 Å². The van der Waals surface area contributed by atoms with Crippen LogP contribution in [0.25, 0.3) is 0 Å². The Morgan fingerprint density at radius 3 is 2.58 bits per heavy atom. The topological polar surface area (TPSA) is 46.3 Å². The Balaban J connectivity index is 2.61. The van der Waals surface area contributed by atoms with E-state index in [-0.39, 0.29) is 11.7 Å². The van der Waals surface area contributed by atoms with Gasteiger partial charge in [0.1, 0.15) is 5.82 Å². The van der Waals surface area contributed by atoms with Crippen LogP contribution >= 0.6 is 0 Å². The van der Waals surface area contributed by atoms with E-state index in [1.807, 2.05) is 19.9 Å². The second kappa shape index (κ2) is 6.15. The lowest BCUT2D eigenvalue weighted by atomic mass is 9.92. The van der Waals surface area contributed by atoms with Gasteiger partial charge in [-0.3, -0.25) is 4.79 Å². The standard InChI is InChI=1S/C15H23FN2O/c1-11-9-12(5-6-13(11)16)7-8-18(4)14(19)15(2,3)10-17/h5-6,9H,7-8,10,17H2,1-4H3. The Labute approximate surface area is 114 Å². The summed E-state index contributed by atoms with van der Waals surface area (Å²) in [7, 11) is 1.77. The molecule has 0 bridgehead atoms. The molecule has 0 aliphatic rings. The lowest BCUT2D eigenvalue weighted by molar-refractivity contribution is -0.138. The number of amides is 1. The van der Waals surface area contributed by atoms with Crippen molar-refractivity contribution in [3.05, 3.63) is 35.1 Å². The monoisotopic (exact) mass is 266 g/mol. The number of hydrogen-bond acceptors (Lipinski definition) is 2. The molecule has 1 amide bonds. The van der Waals surface area contributed by atoms with E-state index >= 15 is 0 Å². The Bertz CT molecular complexity index is 457. The van der Waals surface area contributed by atoms with Crippen molar-refractivity contribution < 1.29 is 9.18 Å². The molecule has 3 nitrogen and oxygen atoms in total. The van der Waals surface area contributed by atoms with Crippen molar-refractivity contribution in [2.45, 2.75) is 27.2 Å². The Morgan fingerprint density at radius 1 is 1.42 bits per heavy atom. The van der Waals surface area contributed by atoms with Crippen LogP contribution in [0.3, 0.4) is 0 Å². The van der Waals surface area contributed by atoms with Crippen LogP contribution in [0.15, 0.2) is 18.2 Å². The SMILES string of the molecule is Cc1cc(CCN(C)C(=O)C(C)(C)CN)ccc1F. The molecule has 1 aromatic carbocycles. The fourth-order valence-corrected chi connectivity index (χ4v) is 1.86. The number of benzene rings is 1. The molecule has 0 aliphatic heterocycles. The number of carbonyl (C=O) groups is 1. The smallest absolute Gasteiger partial charge is 0.229 e. The highest BCUT2D eigenvalue weighted by Crippen LogP contribution is 2.17. The van der Waals surface area contributed by atoms with Gasteiger partial charge >= 0.3 is 0 Å². The second-order valence-corrected chi connectivity index (χ2v) is 5.65. The van der Waals surface area contributed by atoms with E-state index in [9.17, 15) is 9.18 Å². The number of nitrogens with zero attached hydrogens (tertiary/aromatic N) is 1. The van der Waals surface area contributed by atoms with Gasteiger partial charge < -0.3 is 10.6 Å². The van der Waals surface area contributed by atoms with Crippen molar-refractivity contribution in [2.24, 2.45) is 11.1 Å². The van der Waals surface area contributed by atoms with Crippen molar-refractivity contribution in [3.8, 4) is 0 Å². The molecule has 0 fully saturated rings. The van der Waals surface area contributed by atoms with E-state index in [2.05, 4.69) is 0 Å². The highest BCUT2D eigenvalue weighted by molar-refractivity contribution is 5.81. The van der Waals surface area contributed by atoms with Crippen LogP contribution in [-0.2, 0) is 11.2 Å². The van der Waals surface area contributed by atoms with Gasteiger partial charge in [0.2, 0.25) is 5.91 Å². The molecule has 0 heterocycles. The minimum Gasteiger partial charge on any atom is -0.345 e. The maximum absolute atomic E-state index is 13.1. The maximum Gasteiger partial charge on any atom is 0.229 e. The fraction of sp³-hybridized carbons (Fsp3) is 0.533. The molecule has 0 radical (unpaired) electrons. The van der Waals surface area contributed by atoms with Crippen molar-refractivity contribution in [1.82, 2.24) is 4.90 Å². The maximum atomic E-state index is 13.1. The van der Waals surface area contributed by atoms with Gasteiger partial charge in [0.05, 0.1) is 5.41 Å². The van der Waals surface area contributed by atoms with Gasteiger partial charge in [0.25, 0.3) is 0 Å². The molecule has 1 aromatic rings. The molecule has 4 heteroatoms. The highest BCUT2D eigenvalue weighted by atomic mass is 19.1. The van der Waals surface area contributed by atoms with E-state index in [1.54, 1.807) is 24.9 Å². The van der Waals surface area contributed by atoms with Gasteiger partial charge in [0.15, 0.2) is 0 Å². The number of carbonyl (C=O) groups excluding carboxylic acids is 1. The summed E-state index contributed by atoms with van der Waals surface area (Å²) in [6, 6.07) is 5.05. The minimum atomic E-state index is -0.534. The number of rotatable bonds is 5. The first-order valence-corrected chi connectivity index (χ1v) is 6.48. The Kier molecular flexibility index (Phi) is 5.06. The zero-order valence-electron chi connectivity index (χ0n) is 12.2. The zero-order valence-corrected chi connectivity index (χ0v) is 12.2. The van der Waals surface area contributed by atoms with Crippen LogP contribution in [-0.4, -0.2) is 30.9 Å². The van der Waals surface area contributed by atoms with Crippen LogP contribution in [0.4, 0.5) is 4.39 Å². The third kappa shape index (κ3) is 4.03. The largest absolute Gasteiger partial charge is 0.345 e. The van der Waals surface area contributed by atoms with Crippen molar-refractivity contribution in [1.29, 1.82) is 0 Å². The van der Waals surface area contributed by atoms with E-state index in [0.29, 0.717) is 25.1 Å². The van der Waals surface area contributed by atoms with Gasteiger partial charge in [-0.25, -0.2) is 4.39 Å². The summed E-state index contributed by atoms with van der Waals surface area (Å²) in [4.78, 5) is 13.8. The Hall–Kier alpha value is -1.42. The minimum absolute atomic E-state index is 0.0360. The summed E-state index contributed by atoms with van der Waals surface area (Å²) >= 11 is 0. The van der Waals surface area contributed by atoms with Crippen molar-refractivity contribution in [2.75, 3.05) is 20.1 Å². The molecule has 0 saturated heterocycles. The molecule has 0 spiro atoms. The molecule has 0 atom stereocenters. The van der Waals surface area contributed by atoms with Gasteiger partial charge in [-0.2, -0.15) is 0 Å². The molecule has 0 aromatic heterocycles. The molecule has 106 valence electrons. The second-order valence-electron chi connectivity index (χ2n) is 5.65. The number of aryl methyl sites for hydroxylation is 1. The lowest BCUT2D eigenvalue weighted by Crippen LogP contribution is -2.43. The number of nitrogens with two attached hydrogens (primary N) is 1. The summed E-state index contributed by atoms with van der Waals surface area (Å²) in [6.07, 6.45) is 0.712. The number of likely N-dealkylation sites (N-methyl/N-ethyl adjacent to an activating group) is 1. The van der Waals surface area contributed by atoms with Crippen LogP contribution in [0.1, 0.15) is 25.0 Å². The predicted molar refractivity (Wildman–Crippen MR) is 75.3 cm³/mol. The fourth-order valence-electron chi connectivity index (χ4n) is 1.86. The molecule has 0 aliphatic carbocycles. The van der Waals surface area contributed by atoms with Crippen molar-refractivity contribution in [3.63, 3.8) is 0 Å². The first kappa shape index (κ1) is 15.6. The molecule has 0 saturated carbocycles. The Morgan fingerprint density at radius 2 is 2.05 bits per heavy atom.